The van der Waals surface area contributed by atoms with Crippen molar-refractivity contribution in [2.75, 3.05) is 20.0 Å². The van der Waals surface area contributed by atoms with E-state index in [0.717, 1.165) is 17.4 Å². The van der Waals surface area contributed by atoms with Crippen molar-refractivity contribution in [2.45, 2.75) is 43.5 Å². The lowest BCUT2D eigenvalue weighted by molar-refractivity contribution is -0.344. The number of methoxy groups -OCH3 is 1. The van der Waals surface area contributed by atoms with E-state index in [1.807, 2.05) is 60.7 Å². The third kappa shape index (κ3) is 5.52. The van der Waals surface area contributed by atoms with E-state index in [1.54, 1.807) is 0 Å². The maximum atomic E-state index is 12.1. The first-order chi connectivity index (χ1) is 15.9. The molecule has 0 N–H and O–H groups in total. The largest absolute Gasteiger partial charge is 0.353 e. The smallest absolute Gasteiger partial charge is 0.264 e. The molecular formula is C23H26N2O7S. The zero-order valence-electron chi connectivity index (χ0n) is 18.3. The van der Waals surface area contributed by atoms with Crippen LogP contribution in [-0.4, -0.2) is 63.9 Å². The Morgan fingerprint density at radius 3 is 2.36 bits per heavy atom. The van der Waals surface area contributed by atoms with E-state index in [0.29, 0.717) is 0 Å². The topological polar surface area (TPSA) is 107 Å². The second-order valence-corrected chi connectivity index (χ2v) is 9.53. The van der Waals surface area contributed by atoms with Crippen molar-refractivity contribution in [1.29, 1.82) is 5.26 Å². The molecule has 0 unspecified atom stereocenters. The highest BCUT2D eigenvalue weighted by Crippen LogP contribution is 2.38. The van der Waals surface area contributed by atoms with E-state index in [4.69, 9.17) is 23.1 Å². The van der Waals surface area contributed by atoms with Gasteiger partial charge in [-0.05, 0) is 5.56 Å². The fourth-order valence-electron chi connectivity index (χ4n) is 4.18. The third-order valence-electron chi connectivity index (χ3n) is 5.58. The second-order valence-electron chi connectivity index (χ2n) is 7.92. The molecule has 6 atom stereocenters. The summed E-state index contributed by atoms with van der Waals surface area (Å²) in [7, 11) is -2.51. The molecule has 2 saturated heterocycles. The van der Waals surface area contributed by atoms with Gasteiger partial charge in [-0.1, -0.05) is 60.7 Å². The van der Waals surface area contributed by atoms with E-state index >= 15 is 0 Å². The van der Waals surface area contributed by atoms with Gasteiger partial charge in [0.25, 0.3) is 10.1 Å². The Bertz CT molecular complexity index is 1060. The minimum absolute atomic E-state index is 0.177. The zero-order chi connectivity index (χ0) is 23.4. The van der Waals surface area contributed by atoms with Crippen LogP contribution in [0.2, 0.25) is 0 Å². The van der Waals surface area contributed by atoms with E-state index in [-0.39, 0.29) is 13.2 Å². The van der Waals surface area contributed by atoms with E-state index in [1.165, 1.54) is 12.0 Å². The predicted molar refractivity (Wildman–Crippen MR) is 117 cm³/mol. The summed E-state index contributed by atoms with van der Waals surface area (Å²) in [5.74, 6) is 0. The molecule has 2 aliphatic rings. The normalized spacial score (nSPS) is 29.6. The molecule has 0 bridgehead atoms. The van der Waals surface area contributed by atoms with Gasteiger partial charge >= 0.3 is 0 Å². The van der Waals surface area contributed by atoms with Gasteiger partial charge in [-0.3, -0.25) is 9.08 Å². The molecule has 33 heavy (non-hydrogen) atoms. The lowest BCUT2D eigenvalue weighted by atomic mass is 9.93. The van der Waals surface area contributed by atoms with E-state index in [9.17, 15) is 13.7 Å². The number of hydrogen-bond acceptors (Lipinski definition) is 9. The van der Waals surface area contributed by atoms with Crippen LogP contribution in [-0.2, 0) is 39.8 Å². The molecule has 176 valence electrons. The minimum atomic E-state index is -3.90. The molecule has 4 rings (SSSR count). The lowest BCUT2D eigenvalue weighted by Crippen LogP contribution is -2.67. The Labute approximate surface area is 193 Å². The Morgan fingerprint density at radius 1 is 1.09 bits per heavy atom. The molecule has 9 nitrogen and oxygen atoms in total. The van der Waals surface area contributed by atoms with Crippen LogP contribution in [0, 0.1) is 11.5 Å². The highest BCUT2D eigenvalue weighted by molar-refractivity contribution is 7.86. The van der Waals surface area contributed by atoms with Crippen molar-refractivity contribution < 1.29 is 31.5 Å². The molecule has 2 fully saturated rings. The van der Waals surface area contributed by atoms with Gasteiger partial charge in [0.05, 0.1) is 19.4 Å². The molecule has 0 saturated carbocycles. The Morgan fingerprint density at radius 2 is 1.76 bits per heavy atom. The molecule has 0 amide bonds. The summed E-state index contributed by atoms with van der Waals surface area (Å²) in [6.07, 6.45) is -1.04. The highest BCUT2D eigenvalue weighted by Gasteiger charge is 2.54. The summed E-state index contributed by atoms with van der Waals surface area (Å²) < 4.78 is 53.2. The summed E-state index contributed by atoms with van der Waals surface area (Å²) in [5, 5.41) is 10.1. The maximum Gasteiger partial charge on any atom is 0.264 e. The summed E-state index contributed by atoms with van der Waals surface area (Å²) in [5.41, 5.74) is 1.68. The van der Waals surface area contributed by atoms with Crippen LogP contribution in [0.5, 0.6) is 0 Å². The van der Waals surface area contributed by atoms with Gasteiger partial charge in [0.2, 0.25) is 0 Å². The Hall–Kier alpha value is -2.52. The average molecular weight is 475 g/mol. The van der Waals surface area contributed by atoms with Crippen molar-refractivity contribution in [3.8, 4) is 6.19 Å². The van der Waals surface area contributed by atoms with Crippen LogP contribution in [0.15, 0.2) is 60.7 Å². The summed E-state index contributed by atoms with van der Waals surface area (Å²) in [6, 6.07) is 18.0. The fraction of sp³-hybridized carbons (Fsp3) is 0.435. The van der Waals surface area contributed by atoms with Gasteiger partial charge in [-0.15, -0.1) is 0 Å². The quantitative estimate of drug-likeness (QED) is 0.339. The number of ether oxygens (including phenoxy) is 4. The van der Waals surface area contributed by atoms with Crippen LogP contribution in [0.1, 0.15) is 17.4 Å². The molecule has 0 radical (unpaired) electrons. The number of fused-ring (bicyclic) bond motifs is 1. The van der Waals surface area contributed by atoms with Crippen molar-refractivity contribution in [2.24, 2.45) is 0 Å². The molecule has 0 aromatic heterocycles. The summed E-state index contributed by atoms with van der Waals surface area (Å²) >= 11 is 0. The molecule has 0 spiro atoms. The first-order valence-corrected chi connectivity index (χ1v) is 12.3. The molecule has 0 aliphatic carbocycles. The first-order valence-electron chi connectivity index (χ1n) is 10.5. The van der Waals surface area contributed by atoms with Crippen LogP contribution in [0.3, 0.4) is 0 Å². The van der Waals surface area contributed by atoms with Gasteiger partial charge in [-0.2, -0.15) is 13.7 Å². The van der Waals surface area contributed by atoms with Gasteiger partial charge in [0.1, 0.15) is 18.2 Å². The predicted octanol–water partition coefficient (Wildman–Crippen LogP) is 2.17. The van der Waals surface area contributed by atoms with Crippen molar-refractivity contribution >= 4 is 10.1 Å². The van der Waals surface area contributed by atoms with Crippen LogP contribution in [0.25, 0.3) is 0 Å². The van der Waals surface area contributed by atoms with Crippen molar-refractivity contribution in [3.05, 3.63) is 71.8 Å². The summed E-state index contributed by atoms with van der Waals surface area (Å²) in [6.45, 7) is 0.405. The van der Waals surface area contributed by atoms with Gasteiger partial charge in [0, 0.05) is 12.7 Å². The number of nitrogens with zero attached hydrogens (tertiary/aromatic N) is 2. The Kier molecular flexibility index (Phi) is 7.29. The number of rotatable bonds is 7. The zero-order valence-corrected chi connectivity index (χ0v) is 19.1. The van der Waals surface area contributed by atoms with Gasteiger partial charge in [0.15, 0.2) is 24.9 Å². The maximum absolute atomic E-state index is 12.1. The number of benzene rings is 2. The molecule has 10 heteroatoms. The highest BCUT2D eigenvalue weighted by atomic mass is 32.2. The monoisotopic (exact) mass is 474 g/mol. The first kappa shape index (κ1) is 23.6. The van der Waals surface area contributed by atoms with E-state index in [2.05, 4.69) is 6.19 Å². The van der Waals surface area contributed by atoms with Crippen LogP contribution < -0.4 is 0 Å². The van der Waals surface area contributed by atoms with Gasteiger partial charge < -0.3 is 18.9 Å². The second kappa shape index (κ2) is 10.2. The van der Waals surface area contributed by atoms with Gasteiger partial charge in [-0.25, -0.2) is 0 Å². The third-order valence-corrected chi connectivity index (χ3v) is 6.16. The summed E-state index contributed by atoms with van der Waals surface area (Å²) in [4.78, 5) is 1.46. The lowest BCUT2D eigenvalue weighted by Gasteiger charge is -2.50. The SMILES string of the molecule is CO[C@H]1O[C@H]2CO[C@H](c3ccccc3)O[C@@H]2[C@@H](N(C#N)Cc2ccccc2)[C@H]1OS(C)(=O)=O. The minimum Gasteiger partial charge on any atom is -0.353 e. The molecule has 2 aromatic carbocycles. The van der Waals surface area contributed by atoms with E-state index < -0.39 is 47.1 Å². The van der Waals surface area contributed by atoms with Crippen LogP contribution >= 0.6 is 0 Å². The van der Waals surface area contributed by atoms with Crippen molar-refractivity contribution in [3.63, 3.8) is 0 Å². The number of nitriles is 1. The van der Waals surface area contributed by atoms with Crippen LogP contribution in [0.4, 0.5) is 0 Å². The molecular weight excluding hydrogens is 448 g/mol. The average Bonchev–Trinajstić information content (AvgIpc) is 2.82. The Balaban J connectivity index is 1.70. The van der Waals surface area contributed by atoms with Crippen molar-refractivity contribution in [1.82, 2.24) is 4.90 Å². The molecule has 2 aliphatic heterocycles. The molecule has 2 heterocycles. The standard InChI is InChI=1S/C23H26N2O7S/c1-28-23-21(32-33(2,26)27)19(25(15-24)13-16-9-5-3-6-10-16)20-18(30-23)14-29-22(31-20)17-11-7-4-8-12-17/h3-12,18-23H,13-14H2,1-2H3/t18-,19+,20-,21+,22-,23-/m0/s1. The number of hydrogen-bond donors (Lipinski definition) is 0. The molecule has 2 aromatic rings. The fourth-order valence-corrected chi connectivity index (χ4v) is 4.79.